The van der Waals surface area contributed by atoms with E-state index in [-0.39, 0.29) is 4.87 Å². The Kier molecular flexibility index (Phi) is 4.33. The van der Waals surface area contributed by atoms with Crippen LogP contribution < -0.4 is 10.2 Å². The standard InChI is InChI=1S/C20H16N4OS/c1-13-6-5-9-16(10-13)22-19-17(26-20(25)23-19)11-15-12-21-24-18(15)14-7-3-2-4-8-14/h2-12,22H,1H3,(H,23,25). The maximum atomic E-state index is 11.9. The Balaban J connectivity index is 1.68. The summed E-state index contributed by atoms with van der Waals surface area (Å²) in [6.07, 6.45) is 3.64. The van der Waals surface area contributed by atoms with Gasteiger partial charge in [0.1, 0.15) is 11.5 Å². The van der Waals surface area contributed by atoms with Crippen LogP contribution in [0.5, 0.6) is 0 Å². The van der Waals surface area contributed by atoms with Crippen molar-refractivity contribution in [2.24, 2.45) is 10.2 Å². The van der Waals surface area contributed by atoms with Crippen LogP contribution in [0.15, 0.2) is 75.2 Å². The molecule has 0 unspecified atom stereocenters. The molecule has 26 heavy (non-hydrogen) atoms. The molecule has 4 rings (SSSR count). The van der Waals surface area contributed by atoms with E-state index in [1.807, 2.05) is 67.6 Å². The summed E-state index contributed by atoms with van der Waals surface area (Å²) in [6.45, 7) is 2.03. The smallest absolute Gasteiger partial charge is 0.306 e. The van der Waals surface area contributed by atoms with Crippen molar-refractivity contribution in [2.75, 3.05) is 5.32 Å². The van der Waals surface area contributed by atoms with E-state index in [0.29, 0.717) is 5.82 Å². The van der Waals surface area contributed by atoms with Crippen LogP contribution in [0.3, 0.4) is 0 Å². The Morgan fingerprint density at radius 3 is 2.77 bits per heavy atom. The molecule has 3 aromatic rings. The van der Waals surface area contributed by atoms with Gasteiger partial charge in [-0.1, -0.05) is 53.8 Å². The van der Waals surface area contributed by atoms with Crippen molar-refractivity contribution in [3.8, 4) is 0 Å². The fourth-order valence-corrected chi connectivity index (χ4v) is 3.48. The number of anilines is 2. The Morgan fingerprint density at radius 1 is 1.12 bits per heavy atom. The number of aromatic nitrogens is 1. The first kappa shape index (κ1) is 16.2. The van der Waals surface area contributed by atoms with Gasteiger partial charge < -0.3 is 5.32 Å². The minimum atomic E-state index is -0.111. The van der Waals surface area contributed by atoms with E-state index in [1.54, 1.807) is 6.21 Å². The second-order valence-electron chi connectivity index (χ2n) is 5.91. The summed E-state index contributed by atoms with van der Waals surface area (Å²) in [5.74, 6) is 0.672. The highest BCUT2D eigenvalue weighted by Crippen LogP contribution is 2.25. The molecular weight excluding hydrogens is 344 g/mol. The van der Waals surface area contributed by atoms with Gasteiger partial charge in [-0.15, -0.1) is 5.10 Å². The molecule has 0 spiro atoms. The Morgan fingerprint density at radius 2 is 1.96 bits per heavy atom. The van der Waals surface area contributed by atoms with Crippen molar-refractivity contribution >= 4 is 40.8 Å². The van der Waals surface area contributed by atoms with E-state index in [1.165, 1.54) is 0 Å². The van der Waals surface area contributed by atoms with Crippen molar-refractivity contribution in [1.29, 1.82) is 0 Å². The number of aryl methyl sites for hydroxylation is 1. The van der Waals surface area contributed by atoms with E-state index >= 15 is 0 Å². The molecule has 2 aromatic carbocycles. The summed E-state index contributed by atoms with van der Waals surface area (Å²) in [4.78, 5) is 15.5. The summed E-state index contributed by atoms with van der Waals surface area (Å²) in [6, 6.07) is 17.9. The highest BCUT2D eigenvalue weighted by Gasteiger charge is 2.15. The van der Waals surface area contributed by atoms with Crippen molar-refractivity contribution < 1.29 is 0 Å². The van der Waals surface area contributed by atoms with Crippen LogP contribution in [-0.4, -0.2) is 16.9 Å². The number of nitrogens with one attached hydrogen (secondary N) is 2. The number of aromatic amines is 1. The van der Waals surface area contributed by atoms with Gasteiger partial charge in [0.25, 0.3) is 0 Å². The van der Waals surface area contributed by atoms with Crippen molar-refractivity contribution in [3.63, 3.8) is 0 Å². The summed E-state index contributed by atoms with van der Waals surface area (Å²) in [5.41, 5.74) is 4.74. The molecular formula is C20H16N4OS. The molecule has 128 valence electrons. The lowest BCUT2D eigenvalue weighted by Crippen LogP contribution is -2.02. The summed E-state index contributed by atoms with van der Waals surface area (Å²) < 4.78 is 0. The molecule has 2 heterocycles. The lowest BCUT2D eigenvalue weighted by Gasteiger charge is -2.06. The van der Waals surface area contributed by atoms with Gasteiger partial charge in [0.15, 0.2) is 0 Å². The topological polar surface area (TPSA) is 69.6 Å². The summed E-state index contributed by atoms with van der Waals surface area (Å²) in [7, 11) is 0. The Bertz CT molecular complexity index is 1090. The molecule has 2 N–H and O–H groups in total. The van der Waals surface area contributed by atoms with Crippen LogP contribution in [0, 0.1) is 6.92 Å². The second kappa shape index (κ2) is 6.93. The van der Waals surface area contributed by atoms with Crippen LogP contribution in [0.4, 0.5) is 11.5 Å². The fraction of sp³-hybridized carbons (Fsp3) is 0.0500. The third-order valence-electron chi connectivity index (χ3n) is 3.93. The third kappa shape index (κ3) is 3.41. The summed E-state index contributed by atoms with van der Waals surface area (Å²) >= 11 is 1.16. The van der Waals surface area contributed by atoms with Gasteiger partial charge in [-0.05, 0) is 30.7 Å². The molecule has 1 aliphatic heterocycles. The van der Waals surface area contributed by atoms with Crippen LogP contribution in [-0.2, 0) is 0 Å². The molecule has 6 heteroatoms. The minimum Gasteiger partial charge on any atom is -0.341 e. The average Bonchev–Trinajstić information content (AvgIpc) is 3.23. The molecule has 0 amide bonds. The number of hydrogen-bond acceptors (Lipinski definition) is 5. The molecule has 0 aliphatic carbocycles. The van der Waals surface area contributed by atoms with E-state index in [4.69, 9.17) is 0 Å². The number of rotatable bonds is 4. The number of thiazole rings is 1. The first-order valence-electron chi connectivity index (χ1n) is 8.14. The maximum absolute atomic E-state index is 11.9. The van der Waals surface area contributed by atoms with Gasteiger partial charge in [0.2, 0.25) is 0 Å². The Hall–Kier alpha value is -3.25. The molecule has 0 saturated heterocycles. The van der Waals surface area contributed by atoms with Crippen LogP contribution in [0.1, 0.15) is 16.0 Å². The van der Waals surface area contributed by atoms with E-state index in [2.05, 4.69) is 20.5 Å². The van der Waals surface area contributed by atoms with Gasteiger partial charge in [0.05, 0.1) is 11.1 Å². The molecule has 0 atom stereocenters. The molecule has 0 radical (unpaired) electrons. The molecule has 1 aromatic heterocycles. The number of hydrogen-bond donors (Lipinski definition) is 2. The van der Waals surface area contributed by atoms with Crippen molar-refractivity contribution in [3.05, 3.63) is 85.8 Å². The average molecular weight is 360 g/mol. The predicted octanol–water partition coefficient (Wildman–Crippen LogP) is 4.36. The monoisotopic (exact) mass is 360 g/mol. The third-order valence-corrected chi connectivity index (χ3v) is 4.75. The van der Waals surface area contributed by atoms with Crippen LogP contribution in [0.25, 0.3) is 6.08 Å². The predicted molar refractivity (Wildman–Crippen MR) is 109 cm³/mol. The largest absolute Gasteiger partial charge is 0.341 e. The lowest BCUT2D eigenvalue weighted by molar-refractivity contribution is 1.28. The Labute approximate surface area is 154 Å². The molecule has 1 aliphatic rings. The molecule has 5 nitrogen and oxygen atoms in total. The normalized spacial score (nSPS) is 14.7. The fourth-order valence-electron chi connectivity index (χ4n) is 2.74. The van der Waals surface area contributed by atoms with Gasteiger partial charge >= 0.3 is 4.87 Å². The van der Waals surface area contributed by atoms with Gasteiger partial charge in [-0.2, -0.15) is 5.10 Å². The summed E-state index contributed by atoms with van der Waals surface area (Å²) in [5, 5.41) is 11.6. The molecule has 0 saturated carbocycles. The quantitative estimate of drug-likeness (QED) is 0.726. The number of benzene rings is 2. The first-order chi connectivity index (χ1) is 12.7. The number of allylic oxidation sites excluding steroid dienone is 1. The first-order valence-corrected chi connectivity index (χ1v) is 8.96. The van der Waals surface area contributed by atoms with Gasteiger partial charge in [0, 0.05) is 16.8 Å². The number of nitrogens with zero attached hydrogens (tertiary/aromatic N) is 2. The zero-order chi connectivity index (χ0) is 17.9. The van der Waals surface area contributed by atoms with E-state index < -0.39 is 0 Å². The zero-order valence-electron chi connectivity index (χ0n) is 14.1. The van der Waals surface area contributed by atoms with Crippen LogP contribution >= 0.6 is 11.3 Å². The van der Waals surface area contributed by atoms with Crippen LogP contribution in [0.2, 0.25) is 0 Å². The van der Waals surface area contributed by atoms with Crippen molar-refractivity contribution in [2.45, 2.75) is 6.92 Å². The lowest BCUT2D eigenvalue weighted by atomic mass is 10.0. The van der Waals surface area contributed by atoms with E-state index in [9.17, 15) is 4.79 Å². The minimum absolute atomic E-state index is 0.111. The second-order valence-corrected chi connectivity index (χ2v) is 6.92. The van der Waals surface area contributed by atoms with Crippen molar-refractivity contribution in [1.82, 2.24) is 4.98 Å². The zero-order valence-corrected chi connectivity index (χ0v) is 14.9. The van der Waals surface area contributed by atoms with E-state index in [0.717, 1.165) is 44.3 Å². The molecule has 0 fully saturated rings. The highest BCUT2D eigenvalue weighted by molar-refractivity contribution is 7.10. The van der Waals surface area contributed by atoms with Gasteiger partial charge in [-0.3, -0.25) is 9.78 Å². The molecule has 0 bridgehead atoms. The number of H-pyrrole nitrogens is 1. The highest BCUT2D eigenvalue weighted by atomic mass is 32.1. The van der Waals surface area contributed by atoms with Gasteiger partial charge in [-0.25, -0.2) is 0 Å². The maximum Gasteiger partial charge on any atom is 0.306 e. The SMILES string of the molecule is Cc1cccc(Nc2[nH]c(=O)sc2C=C2C=NN=C2c2ccccc2)c1.